The van der Waals surface area contributed by atoms with E-state index >= 15 is 0 Å². The minimum Gasteiger partial charge on any atom is -0.480 e. The van der Waals surface area contributed by atoms with Crippen LogP contribution in [0.1, 0.15) is 12.5 Å². The molecule has 2 N–H and O–H groups in total. The molecule has 0 saturated carbocycles. The van der Waals surface area contributed by atoms with Crippen LogP contribution < -0.4 is 5.32 Å². The van der Waals surface area contributed by atoms with E-state index in [0.717, 1.165) is 0 Å². The van der Waals surface area contributed by atoms with Crippen molar-refractivity contribution < 1.29 is 18.3 Å². The molecule has 0 fully saturated rings. The van der Waals surface area contributed by atoms with Crippen molar-refractivity contribution in [2.45, 2.75) is 17.9 Å². The van der Waals surface area contributed by atoms with Gasteiger partial charge in [-0.05, 0) is 31.2 Å². The summed E-state index contributed by atoms with van der Waals surface area (Å²) in [5, 5.41) is 19.9. The molecule has 0 saturated heterocycles. The van der Waals surface area contributed by atoms with Crippen LogP contribution in [0.3, 0.4) is 0 Å². The van der Waals surface area contributed by atoms with Gasteiger partial charge in [-0.2, -0.15) is 5.26 Å². The maximum Gasteiger partial charge on any atom is 0.320 e. The van der Waals surface area contributed by atoms with Crippen LogP contribution in [-0.2, 0) is 14.6 Å². The highest BCUT2D eigenvalue weighted by atomic mass is 32.2. The number of carboxylic acids is 1. The van der Waals surface area contributed by atoms with Gasteiger partial charge >= 0.3 is 5.97 Å². The number of benzene rings is 1. The lowest BCUT2D eigenvalue weighted by Gasteiger charge is -2.09. The summed E-state index contributed by atoms with van der Waals surface area (Å²) in [5.41, 5.74) is 0.386. The summed E-state index contributed by atoms with van der Waals surface area (Å²) in [5.74, 6) is -1.23. The van der Waals surface area contributed by atoms with E-state index in [1.807, 2.05) is 6.07 Å². The first-order chi connectivity index (χ1) is 8.86. The van der Waals surface area contributed by atoms with Gasteiger partial charge in [0.15, 0.2) is 9.84 Å². The van der Waals surface area contributed by atoms with E-state index in [4.69, 9.17) is 10.4 Å². The summed E-state index contributed by atoms with van der Waals surface area (Å²) in [6.07, 6.45) is 0. The van der Waals surface area contributed by atoms with Crippen molar-refractivity contribution in [2.75, 3.05) is 12.3 Å². The van der Waals surface area contributed by atoms with Gasteiger partial charge in [-0.25, -0.2) is 8.42 Å². The SMILES string of the molecule is CC(NCCS(=O)(=O)c1ccc(C#N)cc1)C(=O)O. The van der Waals surface area contributed by atoms with Gasteiger partial charge in [-0.1, -0.05) is 0 Å². The molecule has 0 aliphatic carbocycles. The zero-order valence-corrected chi connectivity index (χ0v) is 11.1. The lowest BCUT2D eigenvalue weighted by molar-refractivity contribution is -0.138. The molecule has 0 amide bonds. The van der Waals surface area contributed by atoms with Crippen LogP contribution in [0.15, 0.2) is 29.2 Å². The van der Waals surface area contributed by atoms with Gasteiger partial charge in [-0.15, -0.1) is 0 Å². The van der Waals surface area contributed by atoms with Crippen molar-refractivity contribution in [3.8, 4) is 6.07 Å². The van der Waals surface area contributed by atoms with Gasteiger partial charge < -0.3 is 10.4 Å². The zero-order valence-electron chi connectivity index (χ0n) is 10.3. The van der Waals surface area contributed by atoms with Gasteiger partial charge in [0.2, 0.25) is 0 Å². The molecule has 0 radical (unpaired) electrons. The average molecular weight is 282 g/mol. The van der Waals surface area contributed by atoms with Crippen LogP contribution in [0, 0.1) is 11.3 Å². The van der Waals surface area contributed by atoms with E-state index in [0.29, 0.717) is 5.56 Å². The van der Waals surface area contributed by atoms with Crippen molar-refractivity contribution in [3.63, 3.8) is 0 Å². The van der Waals surface area contributed by atoms with Crippen LogP contribution in [0.5, 0.6) is 0 Å². The third kappa shape index (κ3) is 4.35. The van der Waals surface area contributed by atoms with Gasteiger partial charge in [-0.3, -0.25) is 4.79 Å². The fourth-order valence-corrected chi connectivity index (χ4v) is 2.52. The Kier molecular flexibility index (Phi) is 5.03. The monoisotopic (exact) mass is 282 g/mol. The van der Waals surface area contributed by atoms with Gasteiger partial charge in [0.25, 0.3) is 0 Å². The first kappa shape index (κ1) is 15.1. The van der Waals surface area contributed by atoms with Crippen molar-refractivity contribution in [2.24, 2.45) is 0 Å². The fraction of sp³-hybridized carbons (Fsp3) is 0.333. The molecule has 7 heteroatoms. The Morgan fingerprint density at radius 3 is 2.47 bits per heavy atom. The Morgan fingerprint density at radius 2 is 2.00 bits per heavy atom. The average Bonchev–Trinajstić information content (AvgIpc) is 2.38. The Balaban J connectivity index is 2.66. The fourth-order valence-electron chi connectivity index (χ4n) is 1.35. The number of aliphatic carboxylic acids is 1. The Hall–Kier alpha value is -1.91. The number of sulfone groups is 1. The molecule has 1 atom stereocenters. The van der Waals surface area contributed by atoms with Crippen molar-refractivity contribution in [3.05, 3.63) is 29.8 Å². The van der Waals surface area contributed by atoms with Crippen LogP contribution in [0.2, 0.25) is 0 Å². The molecule has 1 aromatic rings. The lowest BCUT2D eigenvalue weighted by Crippen LogP contribution is -2.36. The summed E-state index contributed by atoms with van der Waals surface area (Å²) in [6, 6.07) is 6.71. The van der Waals surface area contributed by atoms with Crippen molar-refractivity contribution in [1.29, 1.82) is 5.26 Å². The quantitative estimate of drug-likeness (QED) is 0.781. The number of carboxylic acid groups (broad SMARTS) is 1. The van der Waals surface area contributed by atoms with Crippen molar-refractivity contribution >= 4 is 15.8 Å². The third-order valence-electron chi connectivity index (χ3n) is 2.53. The molecule has 1 aromatic carbocycles. The van der Waals surface area contributed by atoms with Gasteiger partial charge in [0, 0.05) is 6.54 Å². The second-order valence-corrected chi connectivity index (χ2v) is 6.08. The largest absolute Gasteiger partial charge is 0.480 e. The molecule has 1 unspecified atom stereocenters. The molecular formula is C12H14N2O4S. The summed E-state index contributed by atoms with van der Waals surface area (Å²) >= 11 is 0. The molecule has 0 bridgehead atoms. The van der Waals surface area contributed by atoms with Gasteiger partial charge in [0.1, 0.15) is 6.04 Å². The highest BCUT2D eigenvalue weighted by Gasteiger charge is 2.16. The summed E-state index contributed by atoms with van der Waals surface area (Å²) in [7, 11) is -3.47. The molecular weight excluding hydrogens is 268 g/mol. The Morgan fingerprint density at radius 1 is 1.42 bits per heavy atom. The predicted molar refractivity (Wildman–Crippen MR) is 68.3 cm³/mol. The highest BCUT2D eigenvalue weighted by Crippen LogP contribution is 2.11. The summed E-state index contributed by atoms with van der Waals surface area (Å²) in [6.45, 7) is 1.49. The normalized spacial score (nSPS) is 12.6. The van der Waals surface area contributed by atoms with Gasteiger partial charge in [0.05, 0.1) is 22.3 Å². The number of rotatable bonds is 6. The van der Waals surface area contributed by atoms with E-state index in [-0.39, 0.29) is 17.2 Å². The number of hydrogen-bond donors (Lipinski definition) is 2. The Bertz CT molecular complexity index is 587. The molecule has 0 aliphatic rings. The molecule has 0 heterocycles. The summed E-state index contributed by atoms with van der Waals surface area (Å²) < 4.78 is 23.8. The van der Waals surface area contributed by atoms with E-state index in [9.17, 15) is 13.2 Å². The van der Waals surface area contributed by atoms with E-state index in [2.05, 4.69) is 5.32 Å². The molecule has 0 spiro atoms. The smallest absolute Gasteiger partial charge is 0.320 e. The van der Waals surface area contributed by atoms with Crippen molar-refractivity contribution in [1.82, 2.24) is 5.32 Å². The molecule has 0 aromatic heterocycles. The van der Waals surface area contributed by atoms with E-state index in [1.54, 1.807) is 0 Å². The standard InChI is InChI=1S/C12H14N2O4S/c1-9(12(15)16)14-6-7-19(17,18)11-4-2-10(8-13)3-5-11/h2-5,9,14H,6-7H2,1H3,(H,15,16). The third-order valence-corrected chi connectivity index (χ3v) is 4.27. The van der Waals surface area contributed by atoms with Crippen LogP contribution in [0.4, 0.5) is 0 Å². The second kappa shape index (κ2) is 6.31. The first-order valence-electron chi connectivity index (χ1n) is 5.56. The first-order valence-corrected chi connectivity index (χ1v) is 7.21. The van der Waals surface area contributed by atoms with E-state index < -0.39 is 21.8 Å². The number of nitriles is 1. The topological polar surface area (TPSA) is 107 Å². The predicted octanol–water partition coefficient (Wildman–Crippen LogP) is 0.395. The number of hydrogen-bond acceptors (Lipinski definition) is 5. The molecule has 19 heavy (non-hydrogen) atoms. The highest BCUT2D eigenvalue weighted by molar-refractivity contribution is 7.91. The van der Waals surface area contributed by atoms with Crippen LogP contribution >= 0.6 is 0 Å². The summed E-state index contributed by atoms with van der Waals surface area (Å²) in [4.78, 5) is 10.7. The molecule has 1 rings (SSSR count). The molecule has 0 aliphatic heterocycles. The minimum absolute atomic E-state index is 0.0514. The number of carbonyl (C=O) groups is 1. The van der Waals surface area contributed by atoms with Crippen LogP contribution in [0.25, 0.3) is 0 Å². The molecule has 102 valence electrons. The maximum absolute atomic E-state index is 11.9. The second-order valence-electron chi connectivity index (χ2n) is 3.97. The maximum atomic E-state index is 11.9. The minimum atomic E-state index is -3.47. The lowest BCUT2D eigenvalue weighted by atomic mass is 10.2. The van der Waals surface area contributed by atoms with Crippen LogP contribution in [-0.4, -0.2) is 37.8 Å². The molecule has 6 nitrogen and oxygen atoms in total. The van der Waals surface area contributed by atoms with E-state index in [1.165, 1.54) is 31.2 Å². The number of nitrogens with zero attached hydrogens (tertiary/aromatic N) is 1. The Labute approximate surface area is 111 Å². The number of nitrogens with one attached hydrogen (secondary N) is 1. The zero-order chi connectivity index (χ0) is 14.5.